The Labute approximate surface area is 131 Å². The van der Waals surface area contributed by atoms with Gasteiger partial charge in [-0.1, -0.05) is 0 Å². The molecule has 22 heavy (non-hydrogen) atoms. The van der Waals surface area contributed by atoms with Gasteiger partial charge >= 0.3 is 0 Å². The average Bonchev–Trinajstić information content (AvgIpc) is 3.14. The Morgan fingerprint density at radius 1 is 1.23 bits per heavy atom. The number of ether oxygens (including phenoxy) is 1. The maximum Gasteiger partial charge on any atom is 0.270 e. The van der Waals surface area contributed by atoms with Gasteiger partial charge in [0.05, 0.1) is 6.61 Å². The van der Waals surface area contributed by atoms with Crippen LogP contribution in [-0.2, 0) is 6.54 Å². The summed E-state index contributed by atoms with van der Waals surface area (Å²) in [4.78, 5) is 14.9. The van der Waals surface area contributed by atoms with Gasteiger partial charge in [-0.15, -0.1) is 0 Å². The fourth-order valence-electron chi connectivity index (χ4n) is 3.43. The van der Waals surface area contributed by atoms with E-state index in [2.05, 4.69) is 23.6 Å². The Kier molecular flexibility index (Phi) is 4.10. The third kappa shape index (κ3) is 2.36. The number of aryl methyl sites for hydroxylation is 2. The highest BCUT2D eigenvalue weighted by atomic mass is 16.5. The van der Waals surface area contributed by atoms with Crippen LogP contribution in [0.1, 0.15) is 42.7 Å². The van der Waals surface area contributed by atoms with Crippen molar-refractivity contribution in [3.05, 3.63) is 29.5 Å². The minimum absolute atomic E-state index is 0.172. The van der Waals surface area contributed by atoms with Gasteiger partial charge in [-0.25, -0.2) is 0 Å². The molecule has 2 heterocycles. The molecular weight excluding hydrogens is 276 g/mol. The Morgan fingerprint density at radius 3 is 2.59 bits per heavy atom. The van der Waals surface area contributed by atoms with Crippen molar-refractivity contribution in [1.29, 1.82) is 0 Å². The van der Waals surface area contributed by atoms with E-state index in [1.807, 2.05) is 24.8 Å². The monoisotopic (exact) mass is 300 g/mol. The Hall–Kier alpha value is -1.97. The molecular formula is C18H24N2O2. The summed E-state index contributed by atoms with van der Waals surface area (Å²) in [5.41, 5.74) is 3.02. The van der Waals surface area contributed by atoms with Crippen LogP contribution in [0.5, 0.6) is 5.75 Å². The van der Waals surface area contributed by atoms with E-state index in [1.165, 1.54) is 0 Å². The summed E-state index contributed by atoms with van der Waals surface area (Å²) in [6.07, 6.45) is 2.23. The van der Waals surface area contributed by atoms with Crippen LogP contribution in [-0.4, -0.2) is 35.1 Å². The number of benzene rings is 1. The van der Waals surface area contributed by atoms with Gasteiger partial charge in [-0.2, -0.15) is 0 Å². The molecule has 4 nitrogen and oxygen atoms in total. The molecule has 3 rings (SSSR count). The number of rotatable bonds is 4. The van der Waals surface area contributed by atoms with E-state index in [9.17, 15) is 4.79 Å². The van der Waals surface area contributed by atoms with Crippen molar-refractivity contribution in [2.75, 3.05) is 19.7 Å². The molecule has 0 atom stereocenters. The van der Waals surface area contributed by atoms with E-state index in [4.69, 9.17) is 4.74 Å². The molecule has 1 aromatic carbocycles. The van der Waals surface area contributed by atoms with Crippen molar-refractivity contribution in [3.8, 4) is 5.75 Å². The molecule has 1 amide bonds. The molecule has 0 spiro atoms. The zero-order valence-corrected chi connectivity index (χ0v) is 13.7. The van der Waals surface area contributed by atoms with Crippen LogP contribution in [0.4, 0.5) is 0 Å². The topological polar surface area (TPSA) is 34.5 Å². The molecule has 1 saturated heterocycles. The van der Waals surface area contributed by atoms with Crippen LogP contribution in [0.2, 0.25) is 0 Å². The molecule has 0 radical (unpaired) electrons. The van der Waals surface area contributed by atoms with Gasteiger partial charge in [0.1, 0.15) is 11.4 Å². The number of nitrogens with zero attached hydrogens (tertiary/aromatic N) is 2. The Morgan fingerprint density at radius 2 is 1.95 bits per heavy atom. The SMILES string of the molecule is CCOc1ccc2c(c1)c(C)c(C(=O)N1CCCC1)n2CC. The molecule has 2 aromatic rings. The molecule has 1 aromatic heterocycles. The smallest absolute Gasteiger partial charge is 0.270 e. The van der Waals surface area contributed by atoms with Gasteiger partial charge in [0, 0.05) is 30.5 Å². The van der Waals surface area contributed by atoms with Crippen LogP contribution in [0.25, 0.3) is 10.9 Å². The third-order valence-electron chi connectivity index (χ3n) is 4.51. The minimum atomic E-state index is 0.172. The molecule has 0 bridgehead atoms. The van der Waals surface area contributed by atoms with E-state index in [-0.39, 0.29) is 5.91 Å². The van der Waals surface area contributed by atoms with Crippen molar-refractivity contribution < 1.29 is 9.53 Å². The fraction of sp³-hybridized carbons (Fsp3) is 0.500. The lowest BCUT2D eigenvalue weighted by atomic mass is 10.1. The van der Waals surface area contributed by atoms with E-state index in [0.29, 0.717) is 6.61 Å². The summed E-state index contributed by atoms with van der Waals surface area (Å²) in [7, 11) is 0. The lowest BCUT2D eigenvalue weighted by Crippen LogP contribution is -2.30. The first-order chi connectivity index (χ1) is 10.7. The number of hydrogen-bond donors (Lipinski definition) is 0. The third-order valence-corrected chi connectivity index (χ3v) is 4.51. The largest absolute Gasteiger partial charge is 0.494 e. The lowest BCUT2D eigenvalue weighted by molar-refractivity contribution is 0.0782. The van der Waals surface area contributed by atoms with Crippen molar-refractivity contribution in [1.82, 2.24) is 9.47 Å². The second-order valence-electron chi connectivity index (χ2n) is 5.83. The van der Waals surface area contributed by atoms with Gasteiger partial charge in [-0.05, 0) is 57.4 Å². The first kappa shape index (κ1) is 14.9. The number of fused-ring (bicyclic) bond motifs is 1. The van der Waals surface area contributed by atoms with Gasteiger partial charge in [0.15, 0.2) is 0 Å². The number of aromatic nitrogens is 1. The number of amides is 1. The quantitative estimate of drug-likeness (QED) is 0.864. The van der Waals surface area contributed by atoms with Gasteiger partial charge in [0.25, 0.3) is 5.91 Å². The Bertz CT molecular complexity index is 697. The van der Waals surface area contributed by atoms with Gasteiger partial charge < -0.3 is 14.2 Å². The normalized spacial score (nSPS) is 14.8. The Balaban J connectivity index is 2.12. The number of carbonyl (C=O) groups is 1. The summed E-state index contributed by atoms with van der Waals surface area (Å²) in [5.74, 6) is 1.04. The molecule has 0 N–H and O–H groups in total. The summed E-state index contributed by atoms with van der Waals surface area (Å²) < 4.78 is 7.75. The highest BCUT2D eigenvalue weighted by Gasteiger charge is 2.26. The second kappa shape index (κ2) is 6.03. The highest BCUT2D eigenvalue weighted by Crippen LogP contribution is 2.30. The predicted molar refractivity (Wildman–Crippen MR) is 88.7 cm³/mol. The summed E-state index contributed by atoms with van der Waals surface area (Å²) in [6.45, 7) is 9.34. The lowest BCUT2D eigenvalue weighted by Gasteiger charge is -2.17. The number of carbonyl (C=O) groups excluding carboxylic acids is 1. The predicted octanol–water partition coefficient (Wildman–Crippen LogP) is 3.60. The second-order valence-corrected chi connectivity index (χ2v) is 5.83. The molecule has 0 saturated carbocycles. The summed E-state index contributed by atoms with van der Waals surface area (Å²) in [5, 5.41) is 1.12. The van der Waals surface area contributed by atoms with Crippen molar-refractivity contribution >= 4 is 16.8 Å². The van der Waals surface area contributed by atoms with Crippen molar-refractivity contribution in [2.24, 2.45) is 0 Å². The zero-order chi connectivity index (χ0) is 15.7. The van der Waals surface area contributed by atoms with E-state index < -0.39 is 0 Å². The number of likely N-dealkylation sites (tertiary alicyclic amines) is 1. The first-order valence-electron chi connectivity index (χ1n) is 8.22. The zero-order valence-electron chi connectivity index (χ0n) is 13.7. The van der Waals surface area contributed by atoms with E-state index in [1.54, 1.807) is 0 Å². The molecule has 1 aliphatic rings. The van der Waals surface area contributed by atoms with Crippen LogP contribution in [0.15, 0.2) is 18.2 Å². The number of hydrogen-bond acceptors (Lipinski definition) is 2. The molecule has 118 valence electrons. The standard InChI is InChI=1S/C18H24N2O2/c1-4-20-16-9-8-14(22-5-2)12-15(16)13(3)17(20)18(21)19-10-6-7-11-19/h8-9,12H,4-7,10-11H2,1-3H3. The van der Waals surface area contributed by atoms with Crippen LogP contribution in [0.3, 0.4) is 0 Å². The minimum Gasteiger partial charge on any atom is -0.494 e. The maximum absolute atomic E-state index is 12.9. The van der Waals surface area contributed by atoms with Crippen molar-refractivity contribution in [2.45, 2.75) is 40.2 Å². The molecule has 1 fully saturated rings. The average molecular weight is 300 g/mol. The summed E-state index contributed by atoms with van der Waals surface area (Å²) >= 11 is 0. The maximum atomic E-state index is 12.9. The molecule has 0 unspecified atom stereocenters. The molecule has 0 aliphatic carbocycles. The van der Waals surface area contributed by atoms with E-state index in [0.717, 1.165) is 60.4 Å². The van der Waals surface area contributed by atoms with E-state index >= 15 is 0 Å². The van der Waals surface area contributed by atoms with Gasteiger partial charge in [-0.3, -0.25) is 4.79 Å². The van der Waals surface area contributed by atoms with Crippen LogP contribution >= 0.6 is 0 Å². The van der Waals surface area contributed by atoms with Gasteiger partial charge in [0.2, 0.25) is 0 Å². The van der Waals surface area contributed by atoms with Crippen molar-refractivity contribution in [3.63, 3.8) is 0 Å². The fourth-order valence-corrected chi connectivity index (χ4v) is 3.43. The van der Waals surface area contributed by atoms with Crippen LogP contribution in [0, 0.1) is 6.92 Å². The summed E-state index contributed by atoms with van der Waals surface area (Å²) in [6, 6.07) is 6.11. The highest BCUT2D eigenvalue weighted by molar-refractivity contribution is 6.02. The first-order valence-corrected chi connectivity index (χ1v) is 8.22. The van der Waals surface area contributed by atoms with Crippen LogP contribution < -0.4 is 4.74 Å². The molecule has 1 aliphatic heterocycles. The molecule has 4 heteroatoms.